The van der Waals surface area contributed by atoms with Crippen molar-refractivity contribution < 1.29 is 13.6 Å². The molecule has 0 saturated carbocycles. The van der Waals surface area contributed by atoms with E-state index in [1.807, 2.05) is 6.92 Å². The average molecular weight is 533 g/mol. The number of H-pyrrole nitrogens is 1. The van der Waals surface area contributed by atoms with Crippen molar-refractivity contribution in [2.45, 2.75) is 71.8 Å². The fourth-order valence-electron chi connectivity index (χ4n) is 4.26. The molecule has 0 aliphatic carbocycles. The molecule has 1 aliphatic rings. The van der Waals surface area contributed by atoms with E-state index in [4.69, 9.17) is 4.43 Å². The number of piperazine rings is 1. The molecule has 1 N–H and O–H groups in total. The van der Waals surface area contributed by atoms with Crippen LogP contribution < -0.4 is 11.2 Å². The number of carbonyl (C=O) groups is 1. The van der Waals surface area contributed by atoms with Crippen LogP contribution >= 0.6 is 0 Å². The predicted octanol–water partition coefficient (Wildman–Crippen LogP) is 3.45. The van der Waals surface area contributed by atoms with Crippen molar-refractivity contribution in [3.63, 3.8) is 0 Å². The van der Waals surface area contributed by atoms with Crippen molar-refractivity contribution in [1.82, 2.24) is 19.4 Å². The lowest BCUT2D eigenvalue weighted by Crippen LogP contribution is -2.58. The third kappa shape index (κ3) is 6.48. The number of benzene rings is 1. The maximum Gasteiger partial charge on any atom is 0.328 e. The maximum absolute atomic E-state index is 15.0. The van der Waals surface area contributed by atoms with Gasteiger partial charge in [-0.2, -0.15) is 0 Å². The molecule has 0 radical (unpaired) electrons. The van der Waals surface area contributed by atoms with Gasteiger partial charge in [0.15, 0.2) is 8.32 Å². The minimum absolute atomic E-state index is 0.0341. The highest BCUT2D eigenvalue weighted by molar-refractivity contribution is 6.74. The number of rotatable bonds is 8. The van der Waals surface area contributed by atoms with Crippen molar-refractivity contribution in [3.8, 4) is 0 Å². The van der Waals surface area contributed by atoms with Gasteiger partial charge in [-0.05, 0) is 48.8 Å². The zero-order chi connectivity index (χ0) is 27.5. The normalized spacial score (nSPS) is 17.3. The number of aryl methyl sites for hydroxylation is 1. The van der Waals surface area contributed by atoms with Gasteiger partial charge in [0.25, 0.3) is 11.5 Å². The SMILES string of the molecule is CCc1c[nH]c(=O)n(Cc2ccc(F)c(C(=O)N3CCN(CC)CC3CO[Si](C)(C)C(C)(C)C)c2)c1=O. The summed E-state index contributed by atoms with van der Waals surface area (Å²) >= 11 is 0. The Hall–Kier alpha value is -2.56. The summed E-state index contributed by atoms with van der Waals surface area (Å²) in [7, 11) is -2.04. The summed E-state index contributed by atoms with van der Waals surface area (Å²) < 4.78 is 22.5. The average Bonchev–Trinajstić information content (AvgIpc) is 2.85. The second-order valence-corrected chi connectivity index (χ2v) is 16.1. The maximum atomic E-state index is 15.0. The lowest BCUT2D eigenvalue weighted by molar-refractivity contribution is 0.0324. The Morgan fingerprint density at radius 3 is 2.51 bits per heavy atom. The molecule has 0 spiro atoms. The highest BCUT2D eigenvalue weighted by atomic mass is 28.4. The van der Waals surface area contributed by atoms with E-state index in [0.717, 1.165) is 11.1 Å². The molecule has 1 aromatic heterocycles. The first-order valence-corrected chi connectivity index (χ1v) is 16.0. The van der Waals surface area contributed by atoms with Gasteiger partial charge in [-0.3, -0.25) is 19.1 Å². The molecule has 1 aliphatic heterocycles. The van der Waals surface area contributed by atoms with E-state index >= 15 is 0 Å². The number of carbonyl (C=O) groups excluding carboxylic acids is 1. The van der Waals surface area contributed by atoms with Gasteiger partial charge in [0, 0.05) is 31.4 Å². The smallest absolute Gasteiger partial charge is 0.328 e. The number of likely N-dealkylation sites (N-methyl/N-ethyl adjacent to an activating group) is 1. The largest absolute Gasteiger partial charge is 0.415 e. The number of amides is 1. The Kier molecular flexibility index (Phi) is 8.97. The fraction of sp³-hybridized carbons (Fsp3) is 0.593. The van der Waals surface area contributed by atoms with Crippen LogP contribution in [0.25, 0.3) is 0 Å². The second kappa shape index (κ2) is 11.4. The van der Waals surface area contributed by atoms with Gasteiger partial charge < -0.3 is 14.3 Å². The molecule has 8 nitrogen and oxygen atoms in total. The van der Waals surface area contributed by atoms with Crippen LogP contribution in [0.4, 0.5) is 4.39 Å². The van der Waals surface area contributed by atoms with Gasteiger partial charge in [0.1, 0.15) is 5.82 Å². The molecule has 2 heterocycles. The molecular weight excluding hydrogens is 491 g/mol. The Labute approximate surface area is 219 Å². The van der Waals surface area contributed by atoms with Crippen molar-refractivity contribution >= 4 is 14.2 Å². The third-order valence-corrected chi connectivity index (χ3v) is 12.3. The van der Waals surface area contributed by atoms with E-state index in [9.17, 15) is 18.8 Å². The summed E-state index contributed by atoms with van der Waals surface area (Å²) in [6, 6.07) is 3.99. The minimum atomic E-state index is -2.04. The molecule has 0 bridgehead atoms. The van der Waals surface area contributed by atoms with Gasteiger partial charge in [-0.25, -0.2) is 9.18 Å². The van der Waals surface area contributed by atoms with Gasteiger partial charge in [-0.15, -0.1) is 0 Å². The minimum Gasteiger partial charge on any atom is -0.415 e. The van der Waals surface area contributed by atoms with Gasteiger partial charge in [0.05, 0.1) is 24.8 Å². The fourth-order valence-corrected chi connectivity index (χ4v) is 5.30. The predicted molar refractivity (Wildman–Crippen MR) is 146 cm³/mol. The van der Waals surface area contributed by atoms with Crippen LogP contribution in [-0.4, -0.2) is 72.4 Å². The topological polar surface area (TPSA) is 87.6 Å². The van der Waals surface area contributed by atoms with E-state index in [0.29, 0.717) is 43.8 Å². The third-order valence-electron chi connectivity index (χ3n) is 7.84. The zero-order valence-electron chi connectivity index (χ0n) is 23.2. The Bertz CT molecular complexity index is 1230. The van der Waals surface area contributed by atoms with Crippen molar-refractivity contribution in [3.05, 3.63) is 67.7 Å². The number of hydrogen-bond donors (Lipinski definition) is 1. The molecule has 1 atom stereocenters. The van der Waals surface area contributed by atoms with Crippen LogP contribution in [0, 0.1) is 5.82 Å². The zero-order valence-corrected chi connectivity index (χ0v) is 24.2. The summed E-state index contributed by atoms with van der Waals surface area (Å²) in [5.74, 6) is -1.03. The van der Waals surface area contributed by atoms with E-state index in [1.165, 1.54) is 24.4 Å². The number of aromatic amines is 1. The van der Waals surface area contributed by atoms with Crippen LogP contribution in [0.5, 0.6) is 0 Å². The monoisotopic (exact) mass is 532 g/mol. The molecule has 10 heteroatoms. The van der Waals surface area contributed by atoms with Crippen LogP contribution in [-0.2, 0) is 17.4 Å². The molecule has 1 saturated heterocycles. The number of nitrogens with zero attached hydrogens (tertiary/aromatic N) is 3. The van der Waals surface area contributed by atoms with Crippen LogP contribution in [0.3, 0.4) is 0 Å². The standard InChI is InChI=1S/C27H41FN4O4Si/c1-8-20-15-29-26(35)32(24(20)33)16-19-10-11-23(28)22(14-19)25(34)31-13-12-30(9-2)17-21(31)18-36-37(6,7)27(3,4)5/h10-11,14-15,21H,8-9,12-13,16-18H2,1-7H3,(H,29,35). The molecule has 2 aromatic rings. The Balaban J connectivity index is 1.89. The highest BCUT2D eigenvalue weighted by Gasteiger charge is 2.39. The molecule has 1 aromatic carbocycles. The van der Waals surface area contributed by atoms with Gasteiger partial charge in [0.2, 0.25) is 0 Å². The molecule has 1 unspecified atom stereocenters. The summed E-state index contributed by atoms with van der Waals surface area (Å²) in [5.41, 5.74) is -0.000869. The van der Waals surface area contributed by atoms with E-state index in [-0.39, 0.29) is 28.7 Å². The first-order valence-electron chi connectivity index (χ1n) is 13.1. The summed E-state index contributed by atoms with van der Waals surface area (Å²) in [6.07, 6.45) is 1.90. The highest BCUT2D eigenvalue weighted by Crippen LogP contribution is 2.36. The first-order chi connectivity index (χ1) is 17.3. The second-order valence-electron chi connectivity index (χ2n) is 11.3. The molecular formula is C27H41FN4O4Si. The summed E-state index contributed by atoms with van der Waals surface area (Å²) in [5, 5.41) is 0.0341. The Morgan fingerprint density at radius 1 is 1.19 bits per heavy atom. The van der Waals surface area contributed by atoms with Gasteiger partial charge >= 0.3 is 5.69 Å². The molecule has 37 heavy (non-hydrogen) atoms. The Morgan fingerprint density at radius 2 is 1.89 bits per heavy atom. The molecule has 1 fully saturated rings. The molecule has 1 amide bonds. The molecule has 3 rings (SSSR count). The van der Waals surface area contributed by atoms with Crippen LogP contribution in [0.15, 0.2) is 34.0 Å². The number of hydrogen-bond acceptors (Lipinski definition) is 5. The van der Waals surface area contributed by atoms with Crippen molar-refractivity contribution in [2.75, 3.05) is 32.8 Å². The molecule has 204 valence electrons. The van der Waals surface area contributed by atoms with Gasteiger partial charge in [-0.1, -0.05) is 40.7 Å². The van der Waals surface area contributed by atoms with Crippen molar-refractivity contribution in [1.29, 1.82) is 0 Å². The summed E-state index contributed by atoms with van der Waals surface area (Å²) in [6.45, 7) is 17.8. The van der Waals surface area contributed by atoms with E-state index in [1.54, 1.807) is 4.90 Å². The van der Waals surface area contributed by atoms with E-state index < -0.39 is 25.7 Å². The number of nitrogens with one attached hydrogen (secondary N) is 1. The lowest BCUT2D eigenvalue weighted by Gasteiger charge is -2.44. The quantitative estimate of drug-likeness (QED) is 0.526. The number of aromatic nitrogens is 2. The summed E-state index contributed by atoms with van der Waals surface area (Å²) in [4.78, 5) is 45.2. The first kappa shape index (κ1) is 29.0. The lowest BCUT2D eigenvalue weighted by atomic mass is 10.1. The van der Waals surface area contributed by atoms with Crippen LogP contribution in [0.1, 0.15) is 56.1 Å². The van der Waals surface area contributed by atoms with Crippen molar-refractivity contribution in [2.24, 2.45) is 0 Å². The number of halogens is 1. The van der Waals surface area contributed by atoms with E-state index in [2.05, 4.69) is 50.7 Å². The van der Waals surface area contributed by atoms with Crippen LogP contribution in [0.2, 0.25) is 18.1 Å².